The van der Waals surface area contributed by atoms with Gasteiger partial charge in [0, 0.05) is 25.8 Å². The molecule has 2 N–H and O–H groups in total. The number of benzene rings is 1. The summed E-state index contributed by atoms with van der Waals surface area (Å²) in [5.41, 5.74) is 0.878. The van der Waals surface area contributed by atoms with Crippen molar-refractivity contribution in [3.63, 3.8) is 0 Å². The zero-order valence-corrected chi connectivity index (χ0v) is 11.2. The summed E-state index contributed by atoms with van der Waals surface area (Å²) in [7, 11) is -1.63. The molecule has 2 rings (SSSR count). The fourth-order valence-electron chi connectivity index (χ4n) is 2.03. The Morgan fingerprint density at radius 1 is 1.22 bits per heavy atom. The standard InChI is InChI=1S/C12H18N2O3S/c1-13-10-2-4-12(5-3-10)18(16,17)14-8-6-11(15)7-9-14/h2-5,11,13,15H,6-9H2,1H3. The lowest BCUT2D eigenvalue weighted by molar-refractivity contribution is 0.113. The zero-order valence-electron chi connectivity index (χ0n) is 10.3. The number of aliphatic hydroxyl groups excluding tert-OH is 1. The number of sulfonamides is 1. The number of hydrogen-bond acceptors (Lipinski definition) is 4. The third-order valence-electron chi connectivity index (χ3n) is 3.20. The Labute approximate surface area is 107 Å². The van der Waals surface area contributed by atoms with Crippen LogP contribution in [0.15, 0.2) is 29.2 Å². The van der Waals surface area contributed by atoms with E-state index in [1.54, 1.807) is 31.3 Å². The van der Waals surface area contributed by atoms with E-state index in [4.69, 9.17) is 0 Å². The van der Waals surface area contributed by atoms with Crippen molar-refractivity contribution in [2.75, 3.05) is 25.5 Å². The largest absolute Gasteiger partial charge is 0.393 e. The van der Waals surface area contributed by atoms with Crippen LogP contribution in [0.1, 0.15) is 12.8 Å². The molecule has 0 saturated carbocycles. The second-order valence-corrected chi connectivity index (χ2v) is 6.35. The number of anilines is 1. The Hall–Kier alpha value is -1.11. The van der Waals surface area contributed by atoms with Crippen LogP contribution >= 0.6 is 0 Å². The van der Waals surface area contributed by atoms with Crippen molar-refractivity contribution < 1.29 is 13.5 Å². The van der Waals surface area contributed by atoms with Gasteiger partial charge in [-0.25, -0.2) is 8.42 Å². The smallest absolute Gasteiger partial charge is 0.243 e. The van der Waals surface area contributed by atoms with Crippen molar-refractivity contribution in [3.05, 3.63) is 24.3 Å². The molecule has 1 aromatic carbocycles. The molecule has 1 heterocycles. The van der Waals surface area contributed by atoms with E-state index in [1.165, 1.54) is 4.31 Å². The molecule has 0 unspecified atom stereocenters. The van der Waals surface area contributed by atoms with Crippen LogP contribution in [-0.2, 0) is 10.0 Å². The van der Waals surface area contributed by atoms with E-state index >= 15 is 0 Å². The average molecular weight is 270 g/mol. The van der Waals surface area contributed by atoms with Gasteiger partial charge in [-0.15, -0.1) is 0 Å². The Kier molecular flexibility index (Phi) is 3.89. The second kappa shape index (κ2) is 5.26. The summed E-state index contributed by atoms with van der Waals surface area (Å²) in [5.74, 6) is 0. The monoisotopic (exact) mass is 270 g/mol. The maximum absolute atomic E-state index is 12.3. The molecule has 18 heavy (non-hydrogen) atoms. The fourth-order valence-corrected chi connectivity index (χ4v) is 3.49. The minimum absolute atomic E-state index is 0.304. The van der Waals surface area contributed by atoms with Crippen molar-refractivity contribution in [2.24, 2.45) is 0 Å². The molecule has 0 aliphatic carbocycles. The first-order valence-electron chi connectivity index (χ1n) is 6.00. The SMILES string of the molecule is CNc1ccc(S(=O)(=O)N2CCC(O)CC2)cc1. The minimum Gasteiger partial charge on any atom is -0.393 e. The van der Waals surface area contributed by atoms with E-state index < -0.39 is 10.0 Å². The van der Waals surface area contributed by atoms with Gasteiger partial charge in [-0.05, 0) is 37.1 Å². The van der Waals surface area contributed by atoms with Gasteiger partial charge < -0.3 is 10.4 Å². The lowest BCUT2D eigenvalue weighted by Gasteiger charge is -2.28. The van der Waals surface area contributed by atoms with Crippen molar-refractivity contribution in [2.45, 2.75) is 23.8 Å². The molecule has 0 spiro atoms. The highest BCUT2D eigenvalue weighted by Crippen LogP contribution is 2.21. The first kappa shape index (κ1) is 13.3. The fraction of sp³-hybridized carbons (Fsp3) is 0.500. The van der Waals surface area contributed by atoms with Crippen LogP contribution in [0.3, 0.4) is 0 Å². The number of hydrogen-bond donors (Lipinski definition) is 2. The van der Waals surface area contributed by atoms with Crippen LogP contribution in [0.25, 0.3) is 0 Å². The summed E-state index contributed by atoms with van der Waals surface area (Å²) < 4.78 is 26.1. The molecular weight excluding hydrogens is 252 g/mol. The van der Waals surface area contributed by atoms with Gasteiger partial charge in [-0.2, -0.15) is 4.31 Å². The van der Waals surface area contributed by atoms with Crippen molar-refractivity contribution in [1.29, 1.82) is 0 Å². The first-order chi connectivity index (χ1) is 8.54. The molecule has 1 aromatic rings. The van der Waals surface area contributed by atoms with Crippen molar-refractivity contribution in [1.82, 2.24) is 4.31 Å². The van der Waals surface area contributed by atoms with E-state index in [0.29, 0.717) is 30.8 Å². The van der Waals surface area contributed by atoms with E-state index in [9.17, 15) is 13.5 Å². The molecule has 1 saturated heterocycles. The van der Waals surface area contributed by atoms with E-state index in [2.05, 4.69) is 5.32 Å². The van der Waals surface area contributed by atoms with Gasteiger partial charge in [0.2, 0.25) is 10.0 Å². The first-order valence-corrected chi connectivity index (χ1v) is 7.44. The molecule has 5 nitrogen and oxygen atoms in total. The van der Waals surface area contributed by atoms with Crippen LogP contribution in [0, 0.1) is 0 Å². The molecule has 1 fully saturated rings. The van der Waals surface area contributed by atoms with Crippen molar-refractivity contribution >= 4 is 15.7 Å². The summed E-state index contributed by atoms with van der Waals surface area (Å²) in [6.45, 7) is 0.772. The van der Waals surface area contributed by atoms with Gasteiger partial charge in [0.1, 0.15) is 0 Å². The van der Waals surface area contributed by atoms with E-state index in [1.807, 2.05) is 0 Å². The Morgan fingerprint density at radius 2 is 1.78 bits per heavy atom. The molecule has 0 bridgehead atoms. The highest BCUT2D eigenvalue weighted by molar-refractivity contribution is 7.89. The summed E-state index contributed by atoms with van der Waals surface area (Å²) in [6, 6.07) is 6.69. The Morgan fingerprint density at radius 3 is 2.28 bits per heavy atom. The topological polar surface area (TPSA) is 69.6 Å². The molecule has 1 aliphatic heterocycles. The lowest BCUT2D eigenvalue weighted by atomic mass is 10.1. The van der Waals surface area contributed by atoms with Gasteiger partial charge in [0.25, 0.3) is 0 Å². The number of piperidine rings is 1. The lowest BCUT2D eigenvalue weighted by Crippen LogP contribution is -2.39. The second-order valence-electron chi connectivity index (χ2n) is 4.41. The van der Waals surface area contributed by atoms with Crippen LogP contribution in [0.4, 0.5) is 5.69 Å². The number of aliphatic hydroxyl groups is 1. The van der Waals surface area contributed by atoms with Crippen LogP contribution < -0.4 is 5.32 Å². The summed E-state index contributed by atoms with van der Waals surface area (Å²) >= 11 is 0. The zero-order chi connectivity index (χ0) is 13.2. The van der Waals surface area contributed by atoms with Gasteiger partial charge >= 0.3 is 0 Å². The molecule has 100 valence electrons. The maximum atomic E-state index is 12.3. The Bertz CT molecular complexity index is 491. The Balaban J connectivity index is 2.19. The van der Waals surface area contributed by atoms with Crippen LogP contribution in [0.5, 0.6) is 0 Å². The maximum Gasteiger partial charge on any atom is 0.243 e. The summed E-state index contributed by atoms with van der Waals surface area (Å²) in [4.78, 5) is 0.304. The molecule has 0 atom stereocenters. The highest BCUT2D eigenvalue weighted by Gasteiger charge is 2.28. The van der Waals surface area contributed by atoms with Crippen LogP contribution in [0.2, 0.25) is 0 Å². The minimum atomic E-state index is -3.42. The summed E-state index contributed by atoms with van der Waals surface area (Å²) in [6.07, 6.45) is 0.643. The predicted molar refractivity (Wildman–Crippen MR) is 70.0 cm³/mol. The normalized spacial score (nSPS) is 18.8. The van der Waals surface area contributed by atoms with Gasteiger partial charge in [0.05, 0.1) is 11.0 Å². The van der Waals surface area contributed by atoms with Gasteiger partial charge in [0.15, 0.2) is 0 Å². The molecule has 6 heteroatoms. The van der Waals surface area contributed by atoms with E-state index in [0.717, 1.165) is 5.69 Å². The number of nitrogens with one attached hydrogen (secondary N) is 1. The third-order valence-corrected chi connectivity index (χ3v) is 5.12. The molecular formula is C12H18N2O3S. The third kappa shape index (κ3) is 2.66. The number of rotatable bonds is 3. The van der Waals surface area contributed by atoms with E-state index in [-0.39, 0.29) is 6.10 Å². The number of nitrogens with zero attached hydrogens (tertiary/aromatic N) is 1. The van der Waals surface area contributed by atoms with Gasteiger partial charge in [-0.1, -0.05) is 0 Å². The molecule has 0 aromatic heterocycles. The highest BCUT2D eigenvalue weighted by atomic mass is 32.2. The van der Waals surface area contributed by atoms with Crippen LogP contribution in [-0.4, -0.2) is 44.1 Å². The summed E-state index contributed by atoms with van der Waals surface area (Å²) in [5, 5.41) is 12.4. The average Bonchev–Trinajstić information content (AvgIpc) is 2.39. The molecule has 0 radical (unpaired) electrons. The molecule has 0 amide bonds. The van der Waals surface area contributed by atoms with Crippen molar-refractivity contribution in [3.8, 4) is 0 Å². The quantitative estimate of drug-likeness (QED) is 0.855. The predicted octanol–water partition coefficient (Wildman–Crippen LogP) is 0.874. The van der Waals surface area contributed by atoms with Gasteiger partial charge in [-0.3, -0.25) is 0 Å². The molecule has 1 aliphatic rings.